The molecule has 0 heterocycles. The molecule has 0 fully saturated rings. The van der Waals surface area contributed by atoms with Crippen LogP contribution in [0.5, 0.6) is 0 Å². The standard InChI is InChI=1S/C16H28N2O2S/c1-7-14(5)18(6)21(19,20)16-10-15(11-17-8-2)12(3)9-13(16)4/h9-10,14,17H,7-8,11H2,1-6H3. The van der Waals surface area contributed by atoms with Gasteiger partial charge in [-0.15, -0.1) is 0 Å². The van der Waals surface area contributed by atoms with E-state index in [1.807, 2.05) is 46.8 Å². The van der Waals surface area contributed by atoms with Crippen LogP contribution in [-0.2, 0) is 16.6 Å². The Morgan fingerprint density at radius 2 is 1.81 bits per heavy atom. The van der Waals surface area contributed by atoms with Gasteiger partial charge < -0.3 is 5.32 Å². The maximum Gasteiger partial charge on any atom is 0.243 e. The molecule has 0 aliphatic heterocycles. The lowest BCUT2D eigenvalue weighted by atomic mass is 10.1. The fourth-order valence-electron chi connectivity index (χ4n) is 2.25. The molecule has 0 aliphatic carbocycles. The molecule has 0 amide bonds. The predicted molar refractivity (Wildman–Crippen MR) is 88.0 cm³/mol. The Kier molecular flexibility index (Phi) is 6.38. The van der Waals surface area contributed by atoms with E-state index in [4.69, 9.17) is 0 Å². The Labute approximate surface area is 129 Å². The molecule has 120 valence electrons. The van der Waals surface area contributed by atoms with Gasteiger partial charge in [0.15, 0.2) is 0 Å². The fraction of sp³-hybridized carbons (Fsp3) is 0.625. The minimum Gasteiger partial charge on any atom is -0.313 e. The van der Waals surface area contributed by atoms with Gasteiger partial charge in [0.1, 0.15) is 0 Å². The van der Waals surface area contributed by atoms with Gasteiger partial charge >= 0.3 is 0 Å². The summed E-state index contributed by atoms with van der Waals surface area (Å²) in [7, 11) is -1.78. The number of rotatable bonds is 7. The van der Waals surface area contributed by atoms with E-state index in [0.717, 1.165) is 29.7 Å². The van der Waals surface area contributed by atoms with Crippen LogP contribution in [0.2, 0.25) is 0 Å². The van der Waals surface area contributed by atoms with Crippen LogP contribution in [0.1, 0.15) is 43.9 Å². The van der Waals surface area contributed by atoms with E-state index in [1.54, 1.807) is 7.05 Å². The Hall–Kier alpha value is -0.910. The highest BCUT2D eigenvalue weighted by Gasteiger charge is 2.26. The first-order valence-electron chi connectivity index (χ1n) is 7.54. The van der Waals surface area contributed by atoms with Crippen molar-refractivity contribution in [1.82, 2.24) is 9.62 Å². The molecule has 0 saturated heterocycles. The Morgan fingerprint density at radius 1 is 1.19 bits per heavy atom. The van der Waals surface area contributed by atoms with Gasteiger partial charge in [0.05, 0.1) is 4.90 Å². The van der Waals surface area contributed by atoms with Gasteiger partial charge in [0.2, 0.25) is 10.0 Å². The van der Waals surface area contributed by atoms with Gasteiger partial charge in [0, 0.05) is 19.6 Å². The summed E-state index contributed by atoms with van der Waals surface area (Å²) in [4.78, 5) is 0.420. The third-order valence-electron chi connectivity index (χ3n) is 4.07. The van der Waals surface area contributed by atoms with Crippen LogP contribution in [0.15, 0.2) is 17.0 Å². The van der Waals surface area contributed by atoms with Gasteiger partial charge in [-0.3, -0.25) is 0 Å². The van der Waals surface area contributed by atoms with E-state index < -0.39 is 10.0 Å². The van der Waals surface area contributed by atoms with Crippen molar-refractivity contribution in [2.45, 2.75) is 58.5 Å². The molecule has 0 spiro atoms. The topological polar surface area (TPSA) is 49.4 Å². The average molecular weight is 312 g/mol. The quantitative estimate of drug-likeness (QED) is 0.842. The second-order valence-corrected chi connectivity index (χ2v) is 7.57. The number of hydrogen-bond donors (Lipinski definition) is 1. The zero-order chi connectivity index (χ0) is 16.2. The van der Waals surface area contributed by atoms with Crippen molar-refractivity contribution in [3.05, 3.63) is 28.8 Å². The van der Waals surface area contributed by atoms with Crippen molar-refractivity contribution >= 4 is 10.0 Å². The van der Waals surface area contributed by atoms with Gasteiger partial charge in [-0.1, -0.05) is 19.9 Å². The number of nitrogens with zero attached hydrogens (tertiary/aromatic N) is 1. The molecular formula is C16H28N2O2S. The summed E-state index contributed by atoms with van der Waals surface area (Å²) in [6.45, 7) is 11.4. The van der Waals surface area contributed by atoms with Gasteiger partial charge in [-0.2, -0.15) is 4.31 Å². The van der Waals surface area contributed by atoms with Crippen molar-refractivity contribution in [3.8, 4) is 0 Å². The molecule has 1 unspecified atom stereocenters. The molecule has 4 nitrogen and oxygen atoms in total. The molecule has 0 saturated carbocycles. The second-order valence-electron chi connectivity index (χ2n) is 5.60. The Morgan fingerprint density at radius 3 is 2.33 bits per heavy atom. The summed E-state index contributed by atoms with van der Waals surface area (Å²) in [5, 5.41) is 3.26. The van der Waals surface area contributed by atoms with Crippen molar-refractivity contribution in [2.24, 2.45) is 0 Å². The molecule has 0 aromatic heterocycles. The molecule has 5 heteroatoms. The minimum atomic E-state index is -3.44. The molecule has 1 aromatic rings. The van der Waals surface area contributed by atoms with Crippen LogP contribution in [0.4, 0.5) is 0 Å². The summed E-state index contributed by atoms with van der Waals surface area (Å²) in [5.74, 6) is 0. The molecule has 1 aromatic carbocycles. The van der Waals surface area contributed by atoms with Crippen LogP contribution in [-0.4, -0.2) is 32.4 Å². The highest BCUT2D eigenvalue weighted by atomic mass is 32.2. The van der Waals surface area contributed by atoms with E-state index in [0.29, 0.717) is 11.4 Å². The first kappa shape index (κ1) is 18.1. The van der Waals surface area contributed by atoms with Crippen LogP contribution in [0.25, 0.3) is 0 Å². The molecule has 1 N–H and O–H groups in total. The van der Waals surface area contributed by atoms with Crippen molar-refractivity contribution in [3.63, 3.8) is 0 Å². The molecule has 21 heavy (non-hydrogen) atoms. The van der Waals surface area contributed by atoms with Crippen LogP contribution in [0, 0.1) is 13.8 Å². The van der Waals surface area contributed by atoms with E-state index in [1.165, 1.54) is 4.31 Å². The molecule has 1 rings (SSSR count). The highest BCUT2D eigenvalue weighted by molar-refractivity contribution is 7.89. The summed E-state index contributed by atoms with van der Waals surface area (Å²) in [6, 6.07) is 3.78. The smallest absolute Gasteiger partial charge is 0.243 e. The van der Waals surface area contributed by atoms with Gasteiger partial charge in [-0.05, 0) is 56.5 Å². The van der Waals surface area contributed by atoms with Gasteiger partial charge in [-0.25, -0.2) is 8.42 Å². The zero-order valence-corrected chi connectivity index (χ0v) is 14.8. The maximum absolute atomic E-state index is 12.8. The molecule has 0 radical (unpaired) electrons. The normalized spacial score (nSPS) is 13.7. The summed E-state index contributed by atoms with van der Waals surface area (Å²) >= 11 is 0. The monoisotopic (exact) mass is 312 g/mol. The maximum atomic E-state index is 12.8. The number of benzene rings is 1. The predicted octanol–water partition coefficient (Wildman–Crippen LogP) is 2.83. The number of nitrogens with one attached hydrogen (secondary N) is 1. The van der Waals surface area contributed by atoms with Crippen molar-refractivity contribution < 1.29 is 8.42 Å². The molecular weight excluding hydrogens is 284 g/mol. The van der Waals surface area contributed by atoms with Crippen LogP contribution < -0.4 is 5.32 Å². The number of sulfonamides is 1. The SMILES string of the molecule is CCNCc1cc(S(=O)(=O)N(C)C(C)CC)c(C)cc1C. The van der Waals surface area contributed by atoms with Crippen LogP contribution in [0.3, 0.4) is 0 Å². The summed E-state index contributed by atoms with van der Waals surface area (Å²) in [6.07, 6.45) is 0.797. The van der Waals surface area contributed by atoms with Crippen LogP contribution >= 0.6 is 0 Å². The summed E-state index contributed by atoms with van der Waals surface area (Å²) in [5.41, 5.74) is 2.97. The highest BCUT2D eigenvalue weighted by Crippen LogP contribution is 2.24. The number of hydrogen-bond acceptors (Lipinski definition) is 3. The summed E-state index contributed by atoms with van der Waals surface area (Å²) < 4.78 is 27.1. The second kappa shape index (κ2) is 7.38. The first-order chi connectivity index (χ1) is 9.75. The lowest BCUT2D eigenvalue weighted by molar-refractivity contribution is 0.380. The van der Waals surface area contributed by atoms with Gasteiger partial charge in [0.25, 0.3) is 0 Å². The first-order valence-corrected chi connectivity index (χ1v) is 8.98. The minimum absolute atomic E-state index is 0.00656. The third kappa shape index (κ3) is 4.05. The average Bonchev–Trinajstić information content (AvgIpc) is 2.44. The van der Waals surface area contributed by atoms with E-state index in [9.17, 15) is 8.42 Å². The lowest BCUT2D eigenvalue weighted by Gasteiger charge is -2.24. The van der Waals surface area contributed by atoms with E-state index >= 15 is 0 Å². The van der Waals surface area contributed by atoms with Crippen molar-refractivity contribution in [1.29, 1.82) is 0 Å². The lowest BCUT2D eigenvalue weighted by Crippen LogP contribution is -2.35. The Balaban J connectivity index is 3.28. The van der Waals surface area contributed by atoms with Crippen molar-refractivity contribution in [2.75, 3.05) is 13.6 Å². The molecule has 0 aliphatic rings. The largest absolute Gasteiger partial charge is 0.313 e. The van der Waals surface area contributed by atoms with E-state index in [-0.39, 0.29) is 6.04 Å². The fourth-order valence-corrected chi connectivity index (χ4v) is 3.94. The third-order valence-corrected chi connectivity index (χ3v) is 6.18. The molecule has 0 bridgehead atoms. The molecule has 1 atom stereocenters. The Bertz CT molecular complexity index is 582. The number of aryl methyl sites for hydroxylation is 2. The zero-order valence-electron chi connectivity index (χ0n) is 14.0. The van der Waals surface area contributed by atoms with E-state index in [2.05, 4.69) is 5.32 Å².